The minimum atomic E-state index is 0.401. The standard InChI is InChI=1S/C26H37N5O/c1-3-27-26(29-24-12-13-31(20-24)25-10-8-21(2)9-11-25)28-18-22-6-4-5-7-23(22)19-30-14-16-32-17-15-30/h4-11,24H,3,12-20H2,1-2H3,(H2,27,28,29). The number of nitrogens with one attached hydrogen (secondary N) is 2. The van der Waals surface area contributed by atoms with Crippen LogP contribution >= 0.6 is 0 Å². The number of anilines is 1. The van der Waals surface area contributed by atoms with Gasteiger partial charge in [0.1, 0.15) is 0 Å². The van der Waals surface area contributed by atoms with Crippen molar-refractivity contribution in [1.82, 2.24) is 15.5 Å². The van der Waals surface area contributed by atoms with Gasteiger partial charge in [-0.25, -0.2) is 4.99 Å². The average Bonchev–Trinajstić information content (AvgIpc) is 3.28. The molecule has 4 rings (SSSR count). The summed E-state index contributed by atoms with van der Waals surface area (Å²) < 4.78 is 5.49. The molecule has 0 spiro atoms. The van der Waals surface area contributed by atoms with Gasteiger partial charge in [0.05, 0.1) is 19.8 Å². The van der Waals surface area contributed by atoms with Crippen molar-refractivity contribution >= 4 is 11.6 Å². The smallest absolute Gasteiger partial charge is 0.191 e. The minimum Gasteiger partial charge on any atom is -0.379 e. The topological polar surface area (TPSA) is 52.1 Å². The van der Waals surface area contributed by atoms with Crippen LogP contribution in [0.4, 0.5) is 5.69 Å². The van der Waals surface area contributed by atoms with Crippen LogP contribution in [0.1, 0.15) is 30.0 Å². The van der Waals surface area contributed by atoms with Crippen molar-refractivity contribution in [2.45, 2.75) is 39.4 Å². The highest BCUT2D eigenvalue weighted by atomic mass is 16.5. The molecule has 2 aromatic carbocycles. The zero-order valence-electron chi connectivity index (χ0n) is 19.5. The first-order chi connectivity index (χ1) is 15.7. The Morgan fingerprint density at radius 2 is 1.78 bits per heavy atom. The zero-order chi connectivity index (χ0) is 22.2. The molecule has 0 aromatic heterocycles. The Bertz CT molecular complexity index is 876. The Morgan fingerprint density at radius 3 is 2.53 bits per heavy atom. The minimum absolute atomic E-state index is 0.401. The summed E-state index contributed by atoms with van der Waals surface area (Å²) in [6.07, 6.45) is 1.12. The van der Waals surface area contributed by atoms with Crippen LogP contribution in [-0.4, -0.2) is 62.8 Å². The number of aryl methyl sites for hydroxylation is 1. The molecular weight excluding hydrogens is 398 g/mol. The Morgan fingerprint density at radius 1 is 1.03 bits per heavy atom. The molecular formula is C26H37N5O. The molecule has 2 N–H and O–H groups in total. The maximum absolute atomic E-state index is 5.49. The van der Waals surface area contributed by atoms with Crippen molar-refractivity contribution in [1.29, 1.82) is 0 Å². The first-order valence-corrected chi connectivity index (χ1v) is 11.9. The van der Waals surface area contributed by atoms with E-state index in [1.165, 1.54) is 22.4 Å². The molecule has 1 atom stereocenters. The molecule has 2 fully saturated rings. The first-order valence-electron chi connectivity index (χ1n) is 11.9. The van der Waals surface area contributed by atoms with E-state index in [4.69, 9.17) is 9.73 Å². The molecule has 2 aliphatic heterocycles. The van der Waals surface area contributed by atoms with Crippen molar-refractivity contribution in [3.05, 3.63) is 65.2 Å². The SMILES string of the molecule is CCNC(=NCc1ccccc1CN1CCOCC1)NC1CCN(c2ccc(C)cc2)C1. The van der Waals surface area contributed by atoms with E-state index in [-0.39, 0.29) is 0 Å². The number of hydrogen-bond acceptors (Lipinski definition) is 4. The molecule has 0 aliphatic carbocycles. The molecule has 6 heteroatoms. The van der Waals surface area contributed by atoms with Gasteiger partial charge >= 0.3 is 0 Å². The van der Waals surface area contributed by atoms with Crippen LogP contribution < -0.4 is 15.5 Å². The van der Waals surface area contributed by atoms with Crippen LogP contribution in [0.3, 0.4) is 0 Å². The maximum atomic E-state index is 5.49. The Balaban J connectivity index is 1.37. The summed E-state index contributed by atoms with van der Waals surface area (Å²) in [6.45, 7) is 12.5. The fourth-order valence-electron chi connectivity index (χ4n) is 4.41. The van der Waals surface area contributed by atoms with Crippen LogP contribution in [0.2, 0.25) is 0 Å². The monoisotopic (exact) mass is 435 g/mol. The number of nitrogens with zero attached hydrogens (tertiary/aromatic N) is 3. The van der Waals surface area contributed by atoms with Crippen molar-refractivity contribution in [3.8, 4) is 0 Å². The molecule has 0 amide bonds. The van der Waals surface area contributed by atoms with Gasteiger partial charge in [-0.2, -0.15) is 0 Å². The van der Waals surface area contributed by atoms with Crippen LogP contribution in [0, 0.1) is 6.92 Å². The highest BCUT2D eigenvalue weighted by Crippen LogP contribution is 2.21. The molecule has 1 unspecified atom stereocenters. The van der Waals surface area contributed by atoms with E-state index in [2.05, 4.69) is 82.8 Å². The normalized spacial score (nSPS) is 19.9. The van der Waals surface area contributed by atoms with E-state index in [1.54, 1.807) is 0 Å². The summed E-state index contributed by atoms with van der Waals surface area (Å²) in [5, 5.41) is 7.11. The van der Waals surface area contributed by atoms with Crippen molar-refractivity contribution in [2.75, 3.05) is 50.8 Å². The van der Waals surface area contributed by atoms with Crippen LogP contribution in [-0.2, 0) is 17.8 Å². The van der Waals surface area contributed by atoms with Crippen molar-refractivity contribution in [3.63, 3.8) is 0 Å². The third kappa shape index (κ3) is 6.24. The Kier molecular flexibility index (Phi) is 8.02. The van der Waals surface area contributed by atoms with Crippen molar-refractivity contribution < 1.29 is 4.74 Å². The molecule has 32 heavy (non-hydrogen) atoms. The predicted octanol–water partition coefficient (Wildman–Crippen LogP) is 3.16. The van der Waals surface area contributed by atoms with Gasteiger partial charge in [-0.05, 0) is 43.5 Å². The number of guanidine groups is 1. The third-order valence-corrected chi connectivity index (χ3v) is 6.30. The van der Waals surface area contributed by atoms with E-state index in [0.717, 1.165) is 64.9 Å². The molecule has 0 saturated carbocycles. The number of ether oxygens (including phenoxy) is 1. The number of morpholine rings is 1. The van der Waals surface area contributed by atoms with Gasteiger partial charge in [0, 0.05) is 51.0 Å². The lowest BCUT2D eigenvalue weighted by atomic mass is 10.1. The highest BCUT2D eigenvalue weighted by Gasteiger charge is 2.23. The molecule has 2 saturated heterocycles. The van der Waals surface area contributed by atoms with E-state index in [1.807, 2.05) is 0 Å². The first kappa shape index (κ1) is 22.6. The molecule has 0 bridgehead atoms. The van der Waals surface area contributed by atoms with E-state index >= 15 is 0 Å². The highest BCUT2D eigenvalue weighted by molar-refractivity contribution is 5.80. The lowest BCUT2D eigenvalue weighted by Crippen LogP contribution is -2.44. The van der Waals surface area contributed by atoms with Gasteiger partial charge in [0.25, 0.3) is 0 Å². The van der Waals surface area contributed by atoms with E-state index in [0.29, 0.717) is 12.6 Å². The van der Waals surface area contributed by atoms with E-state index in [9.17, 15) is 0 Å². The summed E-state index contributed by atoms with van der Waals surface area (Å²) >= 11 is 0. The zero-order valence-corrected chi connectivity index (χ0v) is 19.5. The summed E-state index contributed by atoms with van der Waals surface area (Å²) in [4.78, 5) is 9.87. The number of benzene rings is 2. The predicted molar refractivity (Wildman–Crippen MR) is 132 cm³/mol. The number of aliphatic imine (C=N–C) groups is 1. The summed E-state index contributed by atoms with van der Waals surface area (Å²) in [5.41, 5.74) is 5.27. The van der Waals surface area contributed by atoms with E-state index < -0.39 is 0 Å². The second-order valence-corrected chi connectivity index (χ2v) is 8.76. The van der Waals surface area contributed by atoms with Gasteiger partial charge < -0.3 is 20.3 Å². The molecule has 2 aliphatic rings. The Labute approximate surface area is 192 Å². The van der Waals surface area contributed by atoms with Crippen molar-refractivity contribution in [2.24, 2.45) is 4.99 Å². The van der Waals surface area contributed by atoms with Crippen LogP contribution in [0.25, 0.3) is 0 Å². The van der Waals surface area contributed by atoms with Gasteiger partial charge in [0.2, 0.25) is 0 Å². The van der Waals surface area contributed by atoms with Gasteiger partial charge in [-0.3, -0.25) is 4.90 Å². The largest absolute Gasteiger partial charge is 0.379 e. The molecule has 0 radical (unpaired) electrons. The van der Waals surface area contributed by atoms with Crippen LogP contribution in [0.15, 0.2) is 53.5 Å². The molecule has 6 nitrogen and oxygen atoms in total. The summed E-state index contributed by atoms with van der Waals surface area (Å²) in [6, 6.07) is 17.9. The molecule has 2 heterocycles. The third-order valence-electron chi connectivity index (χ3n) is 6.30. The average molecular weight is 436 g/mol. The fraction of sp³-hybridized carbons (Fsp3) is 0.500. The molecule has 2 aromatic rings. The second kappa shape index (κ2) is 11.3. The quantitative estimate of drug-likeness (QED) is 0.517. The second-order valence-electron chi connectivity index (χ2n) is 8.76. The maximum Gasteiger partial charge on any atom is 0.191 e. The molecule has 172 valence electrons. The summed E-state index contributed by atoms with van der Waals surface area (Å²) in [5.74, 6) is 0.907. The Hall–Kier alpha value is -2.57. The lowest BCUT2D eigenvalue weighted by molar-refractivity contribution is 0.0341. The fourth-order valence-corrected chi connectivity index (χ4v) is 4.41. The van der Waals surface area contributed by atoms with Gasteiger partial charge in [-0.1, -0.05) is 42.0 Å². The number of hydrogen-bond donors (Lipinski definition) is 2. The van der Waals surface area contributed by atoms with Gasteiger partial charge in [-0.15, -0.1) is 0 Å². The van der Waals surface area contributed by atoms with Gasteiger partial charge in [0.15, 0.2) is 5.96 Å². The van der Waals surface area contributed by atoms with Crippen LogP contribution in [0.5, 0.6) is 0 Å². The summed E-state index contributed by atoms with van der Waals surface area (Å²) in [7, 11) is 0. The number of rotatable bonds is 7. The lowest BCUT2D eigenvalue weighted by Gasteiger charge is -2.27.